The number of likely N-dealkylation sites (N-methyl/N-ethyl adjacent to an activating group) is 1. The van der Waals surface area contributed by atoms with E-state index >= 15 is 0 Å². The molecule has 1 atom stereocenters. The van der Waals surface area contributed by atoms with Crippen LogP contribution in [0.25, 0.3) is 10.9 Å². The number of pyridine rings is 1. The van der Waals surface area contributed by atoms with E-state index in [1.165, 1.54) is 0 Å². The van der Waals surface area contributed by atoms with Crippen molar-refractivity contribution in [2.75, 3.05) is 32.1 Å². The molecule has 0 saturated carbocycles. The standard InChI is InChI=1S/C17H24ClN3O/c1-5-21(6-2)11-12(3)20-14-10-15(22-4)16(18)13-8-7-9-19-17(13)14/h7-10,12,20H,5-6,11H2,1-4H3. The quantitative estimate of drug-likeness (QED) is 0.835. The third kappa shape index (κ3) is 3.62. The van der Waals surface area contributed by atoms with Gasteiger partial charge in [0.2, 0.25) is 0 Å². The number of hydrogen-bond donors (Lipinski definition) is 1. The molecule has 0 aliphatic rings. The van der Waals surface area contributed by atoms with E-state index in [9.17, 15) is 0 Å². The highest BCUT2D eigenvalue weighted by Crippen LogP contribution is 2.36. The first-order valence-corrected chi connectivity index (χ1v) is 8.08. The number of fused-ring (bicyclic) bond motifs is 1. The number of aromatic nitrogens is 1. The molecule has 120 valence electrons. The van der Waals surface area contributed by atoms with E-state index in [1.54, 1.807) is 13.3 Å². The zero-order valence-corrected chi connectivity index (χ0v) is 14.4. The van der Waals surface area contributed by atoms with Crippen LogP contribution < -0.4 is 10.1 Å². The van der Waals surface area contributed by atoms with Crippen LogP contribution in [-0.4, -0.2) is 42.7 Å². The Kier molecular flexibility index (Phi) is 5.86. The molecule has 22 heavy (non-hydrogen) atoms. The highest BCUT2D eigenvalue weighted by atomic mass is 35.5. The summed E-state index contributed by atoms with van der Waals surface area (Å²) < 4.78 is 5.39. The second-order valence-electron chi connectivity index (χ2n) is 5.37. The van der Waals surface area contributed by atoms with Crippen LogP contribution in [0.15, 0.2) is 24.4 Å². The maximum atomic E-state index is 6.38. The maximum absolute atomic E-state index is 6.38. The van der Waals surface area contributed by atoms with E-state index in [4.69, 9.17) is 16.3 Å². The first kappa shape index (κ1) is 16.8. The summed E-state index contributed by atoms with van der Waals surface area (Å²) in [7, 11) is 1.63. The molecule has 0 aliphatic carbocycles. The molecule has 1 aromatic heterocycles. The Bertz CT molecular complexity index is 629. The Balaban J connectivity index is 2.32. The van der Waals surface area contributed by atoms with Crippen molar-refractivity contribution < 1.29 is 4.74 Å². The predicted molar refractivity (Wildman–Crippen MR) is 94.2 cm³/mol. The van der Waals surface area contributed by atoms with E-state index in [-0.39, 0.29) is 0 Å². The fourth-order valence-electron chi connectivity index (χ4n) is 2.63. The first-order chi connectivity index (χ1) is 10.6. The lowest BCUT2D eigenvalue weighted by atomic mass is 10.1. The molecule has 0 saturated heterocycles. The van der Waals surface area contributed by atoms with Crippen LogP contribution in [0.1, 0.15) is 20.8 Å². The highest BCUT2D eigenvalue weighted by molar-refractivity contribution is 6.37. The van der Waals surface area contributed by atoms with Gasteiger partial charge in [0.15, 0.2) is 0 Å². The molecule has 2 aromatic rings. The minimum atomic E-state index is 0.302. The number of nitrogens with one attached hydrogen (secondary N) is 1. The molecular formula is C17H24ClN3O. The summed E-state index contributed by atoms with van der Waals surface area (Å²) in [5.41, 5.74) is 1.83. The summed E-state index contributed by atoms with van der Waals surface area (Å²) in [6, 6.07) is 6.08. The molecule has 0 fully saturated rings. The van der Waals surface area contributed by atoms with Crippen LogP contribution in [0.5, 0.6) is 5.75 Å². The van der Waals surface area contributed by atoms with Crippen LogP contribution in [0, 0.1) is 0 Å². The van der Waals surface area contributed by atoms with E-state index < -0.39 is 0 Å². The molecule has 1 aromatic carbocycles. The Morgan fingerprint density at radius 3 is 2.73 bits per heavy atom. The molecular weight excluding hydrogens is 298 g/mol. The van der Waals surface area contributed by atoms with Gasteiger partial charge in [0.05, 0.1) is 23.3 Å². The lowest BCUT2D eigenvalue weighted by Crippen LogP contribution is -2.34. The average molecular weight is 322 g/mol. The molecule has 0 aliphatic heterocycles. The minimum Gasteiger partial charge on any atom is -0.495 e. The summed E-state index contributed by atoms with van der Waals surface area (Å²) in [5.74, 6) is 0.666. The van der Waals surface area contributed by atoms with Crippen molar-refractivity contribution in [2.45, 2.75) is 26.8 Å². The minimum absolute atomic E-state index is 0.302. The van der Waals surface area contributed by atoms with Gasteiger partial charge in [-0.2, -0.15) is 0 Å². The summed E-state index contributed by atoms with van der Waals surface area (Å²) in [6.07, 6.45) is 1.78. The summed E-state index contributed by atoms with van der Waals surface area (Å²) in [6.45, 7) is 9.61. The zero-order chi connectivity index (χ0) is 16.1. The second-order valence-corrected chi connectivity index (χ2v) is 5.75. The van der Waals surface area contributed by atoms with E-state index in [1.807, 2.05) is 18.2 Å². The SMILES string of the molecule is CCN(CC)CC(C)Nc1cc(OC)c(Cl)c2cccnc12. The van der Waals surface area contributed by atoms with Crippen molar-refractivity contribution in [3.8, 4) is 5.75 Å². The number of nitrogens with zero attached hydrogens (tertiary/aromatic N) is 2. The van der Waals surface area contributed by atoms with Crippen molar-refractivity contribution in [3.63, 3.8) is 0 Å². The van der Waals surface area contributed by atoms with Crippen molar-refractivity contribution in [2.24, 2.45) is 0 Å². The predicted octanol–water partition coefficient (Wildman–Crippen LogP) is 4.04. The number of benzene rings is 1. The third-order valence-corrected chi connectivity index (χ3v) is 4.23. The first-order valence-electron chi connectivity index (χ1n) is 7.70. The smallest absolute Gasteiger partial charge is 0.140 e. The Labute approximate surface area is 137 Å². The van der Waals surface area contributed by atoms with Gasteiger partial charge in [-0.3, -0.25) is 4.98 Å². The molecule has 5 heteroatoms. The maximum Gasteiger partial charge on any atom is 0.140 e. The fourth-order valence-corrected chi connectivity index (χ4v) is 2.92. The topological polar surface area (TPSA) is 37.4 Å². The summed E-state index contributed by atoms with van der Waals surface area (Å²) >= 11 is 6.38. The lowest BCUT2D eigenvalue weighted by Gasteiger charge is -2.24. The van der Waals surface area contributed by atoms with Crippen LogP contribution in [0.4, 0.5) is 5.69 Å². The lowest BCUT2D eigenvalue weighted by molar-refractivity contribution is 0.295. The normalized spacial score (nSPS) is 12.6. The van der Waals surface area contributed by atoms with Gasteiger partial charge in [0.1, 0.15) is 5.75 Å². The van der Waals surface area contributed by atoms with Crippen LogP contribution >= 0.6 is 11.6 Å². The number of anilines is 1. The molecule has 0 radical (unpaired) electrons. The van der Waals surface area contributed by atoms with Crippen LogP contribution in [-0.2, 0) is 0 Å². The fraction of sp³-hybridized carbons (Fsp3) is 0.471. The van der Waals surface area contributed by atoms with E-state index in [0.29, 0.717) is 16.8 Å². The molecule has 1 unspecified atom stereocenters. The van der Waals surface area contributed by atoms with Gasteiger partial charge in [-0.1, -0.05) is 25.4 Å². The average Bonchev–Trinajstić information content (AvgIpc) is 2.55. The Hall–Kier alpha value is -1.52. The zero-order valence-electron chi connectivity index (χ0n) is 13.7. The molecule has 2 rings (SSSR count). The molecule has 1 heterocycles. The van der Waals surface area contributed by atoms with Crippen molar-refractivity contribution >= 4 is 28.2 Å². The largest absolute Gasteiger partial charge is 0.495 e. The van der Waals surface area contributed by atoms with E-state index in [2.05, 4.69) is 36.0 Å². The number of ether oxygens (including phenoxy) is 1. The summed E-state index contributed by atoms with van der Waals surface area (Å²) in [5, 5.41) is 5.05. The van der Waals surface area contributed by atoms with Gasteiger partial charge in [0.25, 0.3) is 0 Å². The van der Waals surface area contributed by atoms with Gasteiger partial charge in [-0.25, -0.2) is 0 Å². The van der Waals surface area contributed by atoms with Gasteiger partial charge >= 0.3 is 0 Å². The van der Waals surface area contributed by atoms with E-state index in [0.717, 1.165) is 36.2 Å². The number of rotatable bonds is 7. The third-order valence-electron chi connectivity index (χ3n) is 3.84. The van der Waals surface area contributed by atoms with Crippen LogP contribution in [0.3, 0.4) is 0 Å². The van der Waals surface area contributed by atoms with Crippen molar-refractivity contribution in [1.29, 1.82) is 0 Å². The van der Waals surface area contributed by atoms with Crippen LogP contribution in [0.2, 0.25) is 5.02 Å². The summed E-state index contributed by atoms with van der Waals surface area (Å²) in [4.78, 5) is 6.86. The van der Waals surface area contributed by atoms with Crippen molar-refractivity contribution in [3.05, 3.63) is 29.4 Å². The Morgan fingerprint density at radius 2 is 2.09 bits per heavy atom. The molecule has 1 N–H and O–H groups in total. The monoisotopic (exact) mass is 321 g/mol. The van der Waals surface area contributed by atoms with Gasteiger partial charge in [-0.15, -0.1) is 0 Å². The number of methoxy groups -OCH3 is 1. The highest BCUT2D eigenvalue weighted by Gasteiger charge is 2.14. The molecule has 0 amide bonds. The van der Waals surface area contributed by atoms with Gasteiger partial charge < -0.3 is 15.0 Å². The van der Waals surface area contributed by atoms with Gasteiger partial charge in [0, 0.05) is 30.2 Å². The Morgan fingerprint density at radius 1 is 1.36 bits per heavy atom. The van der Waals surface area contributed by atoms with Crippen molar-refractivity contribution in [1.82, 2.24) is 9.88 Å². The molecule has 0 bridgehead atoms. The molecule has 4 nitrogen and oxygen atoms in total. The number of hydrogen-bond acceptors (Lipinski definition) is 4. The second kappa shape index (κ2) is 7.65. The van der Waals surface area contributed by atoms with Gasteiger partial charge in [-0.05, 0) is 32.1 Å². The number of halogens is 1. The molecule has 0 spiro atoms.